The first-order valence-corrected chi connectivity index (χ1v) is 10.7. The second-order valence-corrected chi connectivity index (χ2v) is 8.68. The van der Waals surface area contributed by atoms with Crippen LogP contribution in [-0.2, 0) is 19.6 Å². The summed E-state index contributed by atoms with van der Waals surface area (Å²) in [7, 11) is -3.68. The Kier molecular flexibility index (Phi) is 6.83. The van der Waals surface area contributed by atoms with Crippen LogP contribution in [0.4, 0.5) is 11.4 Å². The van der Waals surface area contributed by atoms with E-state index in [2.05, 4.69) is 5.32 Å². The van der Waals surface area contributed by atoms with Crippen LogP contribution in [-0.4, -0.2) is 49.9 Å². The number of nitrogens with zero attached hydrogens (tertiary/aromatic N) is 2. The molecule has 0 aromatic heterocycles. The minimum atomic E-state index is -3.68. The quantitative estimate of drug-likeness (QED) is 0.409. The van der Waals surface area contributed by atoms with Gasteiger partial charge in [-0.1, -0.05) is 23.7 Å². The van der Waals surface area contributed by atoms with E-state index in [1.54, 1.807) is 6.07 Å². The van der Waals surface area contributed by atoms with Gasteiger partial charge >= 0.3 is 0 Å². The van der Waals surface area contributed by atoms with E-state index < -0.39 is 20.9 Å². The lowest BCUT2D eigenvalue weighted by Gasteiger charge is -2.26. The van der Waals surface area contributed by atoms with Gasteiger partial charge in [0.1, 0.15) is 5.02 Å². The zero-order valence-corrected chi connectivity index (χ0v) is 17.2. The molecule has 1 N–H and O–H groups in total. The van der Waals surface area contributed by atoms with Crippen LogP contribution < -0.4 is 5.32 Å². The lowest BCUT2D eigenvalue weighted by atomic mass is 10.2. The molecular formula is C19H18ClN3O6S. The Morgan fingerprint density at radius 1 is 1.20 bits per heavy atom. The first-order valence-electron chi connectivity index (χ1n) is 8.88. The van der Waals surface area contributed by atoms with E-state index in [0.717, 1.165) is 0 Å². The van der Waals surface area contributed by atoms with Crippen molar-refractivity contribution in [3.63, 3.8) is 0 Å². The van der Waals surface area contributed by atoms with E-state index in [4.69, 9.17) is 16.3 Å². The van der Waals surface area contributed by atoms with Crippen molar-refractivity contribution in [3.05, 3.63) is 69.2 Å². The number of rotatable bonds is 6. The molecule has 0 spiro atoms. The highest BCUT2D eigenvalue weighted by Crippen LogP contribution is 2.25. The first-order chi connectivity index (χ1) is 14.3. The molecule has 158 valence electrons. The molecule has 11 heteroatoms. The van der Waals surface area contributed by atoms with E-state index in [9.17, 15) is 23.3 Å². The van der Waals surface area contributed by atoms with E-state index in [1.165, 1.54) is 52.9 Å². The van der Waals surface area contributed by atoms with Crippen molar-refractivity contribution in [2.24, 2.45) is 0 Å². The maximum absolute atomic E-state index is 12.7. The summed E-state index contributed by atoms with van der Waals surface area (Å²) in [6, 6.07) is 10.1. The molecule has 3 rings (SSSR count). The van der Waals surface area contributed by atoms with E-state index in [0.29, 0.717) is 24.5 Å². The standard InChI is InChI=1S/C19H18ClN3O6S/c20-17-6-4-14(12-18(17)23(25)26)5-7-19(24)21-15-2-1-3-16(13-15)30(27,28)22-8-10-29-11-9-22/h1-7,12-13H,8-11H2,(H,21,24)/b7-5+. The van der Waals surface area contributed by atoms with Crippen LogP contribution in [0.1, 0.15) is 5.56 Å². The summed E-state index contributed by atoms with van der Waals surface area (Å²) < 4.78 is 32.0. The Bertz CT molecular complexity index is 1100. The van der Waals surface area contributed by atoms with Crippen LogP contribution in [0.15, 0.2) is 53.4 Å². The smallest absolute Gasteiger partial charge is 0.288 e. The van der Waals surface area contributed by atoms with Crippen molar-refractivity contribution >= 4 is 45.0 Å². The van der Waals surface area contributed by atoms with Gasteiger partial charge in [-0.2, -0.15) is 4.31 Å². The normalized spacial score (nSPS) is 15.2. The molecule has 0 saturated carbocycles. The van der Waals surface area contributed by atoms with E-state index >= 15 is 0 Å². The number of ether oxygens (including phenoxy) is 1. The predicted molar refractivity (Wildman–Crippen MR) is 112 cm³/mol. The Morgan fingerprint density at radius 2 is 1.93 bits per heavy atom. The van der Waals surface area contributed by atoms with Crippen LogP contribution in [0.2, 0.25) is 5.02 Å². The number of nitro groups is 1. The molecular weight excluding hydrogens is 434 g/mol. The highest BCUT2D eigenvalue weighted by atomic mass is 35.5. The van der Waals surface area contributed by atoms with Gasteiger partial charge in [0.15, 0.2) is 0 Å². The Morgan fingerprint density at radius 3 is 2.63 bits per heavy atom. The predicted octanol–water partition coefficient (Wildman–Crippen LogP) is 2.92. The van der Waals surface area contributed by atoms with Gasteiger partial charge < -0.3 is 10.1 Å². The fourth-order valence-corrected chi connectivity index (χ4v) is 4.44. The van der Waals surface area contributed by atoms with Gasteiger partial charge in [-0.15, -0.1) is 0 Å². The molecule has 1 fully saturated rings. The van der Waals surface area contributed by atoms with Crippen LogP contribution in [0, 0.1) is 10.1 Å². The number of anilines is 1. The van der Waals surface area contributed by atoms with Crippen LogP contribution in [0.3, 0.4) is 0 Å². The Labute approximate surface area is 178 Å². The monoisotopic (exact) mass is 451 g/mol. The minimum absolute atomic E-state index is 0.0000983. The summed E-state index contributed by atoms with van der Waals surface area (Å²) in [6.45, 7) is 1.22. The maximum Gasteiger partial charge on any atom is 0.288 e. The van der Waals surface area contributed by atoms with Crippen LogP contribution in [0.5, 0.6) is 0 Å². The van der Waals surface area contributed by atoms with Crippen molar-refractivity contribution in [2.45, 2.75) is 4.90 Å². The van der Waals surface area contributed by atoms with Crippen molar-refractivity contribution in [1.82, 2.24) is 4.31 Å². The molecule has 0 atom stereocenters. The lowest BCUT2D eigenvalue weighted by Crippen LogP contribution is -2.40. The van der Waals surface area contributed by atoms with Crippen LogP contribution >= 0.6 is 11.6 Å². The number of amides is 1. The van der Waals surface area contributed by atoms with Gasteiger partial charge in [-0.05, 0) is 35.9 Å². The van der Waals surface area contributed by atoms with Crippen molar-refractivity contribution in [2.75, 3.05) is 31.6 Å². The Hall–Kier alpha value is -2.79. The third-order valence-electron chi connectivity index (χ3n) is 4.30. The molecule has 1 saturated heterocycles. The number of carbonyl (C=O) groups is 1. The molecule has 0 aliphatic carbocycles. The number of benzene rings is 2. The molecule has 1 heterocycles. The van der Waals surface area contributed by atoms with Gasteiger partial charge in [0, 0.05) is 30.9 Å². The van der Waals surface area contributed by atoms with Crippen molar-refractivity contribution < 1.29 is 22.9 Å². The average Bonchev–Trinajstić information content (AvgIpc) is 2.74. The minimum Gasteiger partial charge on any atom is -0.379 e. The van der Waals surface area contributed by atoms with Crippen molar-refractivity contribution in [3.8, 4) is 0 Å². The third kappa shape index (κ3) is 5.22. The first kappa shape index (κ1) is 21.9. The molecule has 1 aliphatic rings. The summed E-state index contributed by atoms with van der Waals surface area (Å²) in [5, 5.41) is 13.5. The second kappa shape index (κ2) is 9.35. The van der Waals surface area contributed by atoms with E-state index in [1.807, 2.05) is 0 Å². The summed E-state index contributed by atoms with van der Waals surface area (Å²) in [5.41, 5.74) is 0.464. The maximum atomic E-state index is 12.7. The van der Waals surface area contributed by atoms with Crippen molar-refractivity contribution in [1.29, 1.82) is 0 Å². The number of nitrogens with one attached hydrogen (secondary N) is 1. The fourth-order valence-electron chi connectivity index (χ4n) is 2.80. The SMILES string of the molecule is O=C(/C=C/c1ccc(Cl)c([N+](=O)[O-])c1)Nc1cccc(S(=O)(=O)N2CCOCC2)c1. The summed E-state index contributed by atoms with van der Waals surface area (Å²) in [6.07, 6.45) is 2.59. The third-order valence-corrected chi connectivity index (χ3v) is 6.52. The number of halogens is 1. The largest absolute Gasteiger partial charge is 0.379 e. The number of morpholine rings is 1. The molecule has 0 radical (unpaired) electrons. The van der Waals surface area contributed by atoms with Gasteiger partial charge in [0.25, 0.3) is 5.69 Å². The van der Waals surface area contributed by atoms with E-state index in [-0.39, 0.29) is 28.7 Å². The lowest BCUT2D eigenvalue weighted by molar-refractivity contribution is -0.384. The topological polar surface area (TPSA) is 119 Å². The molecule has 1 amide bonds. The molecule has 2 aromatic carbocycles. The number of nitro benzene ring substituents is 1. The molecule has 9 nitrogen and oxygen atoms in total. The average molecular weight is 452 g/mol. The molecule has 0 unspecified atom stereocenters. The molecule has 2 aromatic rings. The number of hydrogen-bond acceptors (Lipinski definition) is 6. The highest BCUT2D eigenvalue weighted by molar-refractivity contribution is 7.89. The molecule has 30 heavy (non-hydrogen) atoms. The molecule has 0 bridgehead atoms. The zero-order chi connectivity index (χ0) is 21.7. The van der Waals surface area contributed by atoms with Gasteiger partial charge in [0.05, 0.1) is 23.0 Å². The van der Waals surface area contributed by atoms with Gasteiger partial charge in [-0.3, -0.25) is 14.9 Å². The fraction of sp³-hybridized carbons (Fsp3) is 0.211. The summed E-state index contributed by atoms with van der Waals surface area (Å²) >= 11 is 5.76. The van der Waals surface area contributed by atoms with Gasteiger partial charge in [-0.25, -0.2) is 8.42 Å². The second-order valence-electron chi connectivity index (χ2n) is 6.33. The number of hydrogen-bond donors (Lipinski definition) is 1. The Balaban J connectivity index is 1.72. The number of carbonyl (C=O) groups excluding carboxylic acids is 1. The summed E-state index contributed by atoms with van der Waals surface area (Å²) in [5.74, 6) is -0.520. The zero-order valence-electron chi connectivity index (χ0n) is 15.7. The summed E-state index contributed by atoms with van der Waals surface area (Å²) in [4.78, 5) is 22.6. The molecule has 1 aliphatic heterocycles. The highest BCUT2D eigenvalue weighted by Gasteiger charge is 2.26. The van der Waals surface area contributed by atoms with Crippen LogP contribution in [0.25, 0.3) is 6.08 Å². The van der Waals surface area contributed by atoms with Gasteiger partial charge in [0.2, 0.25) is 15.9 Å². The number of sulfonamides is 1.